The first-order valence-electron chi connectivity index (χ1n) is 6.19. The van der Waals surface area contributed by atoms with Gasteiger partial charge in [-0.1, -0.05) is 19.9 Å². The Hall–Kier alpha value is -0.910. The van der Waals surface area contributed by atoms with Crippen molar-refractivity contribution in [3.05, 3.63) is 12.7 Å². The Bertz CT molecular complexity index is 243. The second-order valence-corrected chi connectivity index (χ2v) is 4.59. The number of aliphatic hydroxyl groups excluding tert-OH is 1. The zero-order chi connectivity index (χ0) is 14.0. The van der Waals surface area contributed by atoms with E-state index in [0.29, 0.717) is 25.5 Å². The molecule has 0 amide bonds. The van der Waals surface area contributed by atoms with E-state index in [1.165, 1.54) is 7.11 Å². The first-order valence-corrected chi connectivity index (χ1v) is 6.19. The summed E-state index contributed by atoms with van der Waals surface area (Å²) in [5.74, 6) is 0.0682. The highest BCUT2D eigenvalue weighted by atomic mass is 16.5. The van der Waals surface area contributed by atoms with Gasteiger partial charge in [-0.2, -0.15) is 0 Å². The zero-order valence-corrected chi connectivity index (χ0v) is 11.5. The minimum absolute atomic E-state index is 0.217. The van der Waals surface area contributed by atoms with Gasteiger partial charge in [-0.3, -0.25) is 4.79 Å². The standard InChI is InChI=1S/C13H25NO4/c1-5-6-18-9-11(15)8-14-12(7-10(2)3)13(16)17-4/h5,10-12,14-15H,1,6-9H2,2-4H3. The number of rotatable bonds is 10. The van der Waals surface area contributed by atoms with Gasteiger partial charge >= 0.3 is 5.97 Å². The number of aliphatic hydroxyl groups is 1. The summed E-state index contributed by atoms with van der Waals surface area (Å²) < 4.78 is 9.84. The number of methoxy groups -OCH3 is 1. The Morgan fingerprint density at radius 2 is 2.17 bits per heavy atom. The van der Waals surface area contributed by atoms with Gasteiger partial charge in [-0.15, -0.1) is 6.58 Å². The number of carbonyl (C=O) groups excluding carboxylic acids is 1. The number of hydrogen-bond donors (Lipinski definition) is 2. The Morgan fingerprint density at radius 3 is 2.67 bits per heavy atom. The predicted molar refractivity (Wildman–Crippen MR) is 70.3 cm³/mol. The molecule has 5 nitrogen and oxygen atoms in total. The number of carbonyl (C=O) groups is 1. The summed E-state index contributed by atoms with van der Waals surface area (Å²) >= 11 is 0. The molecule has 0 saturated heterocycles. The third-order valence-electron chi connectivity index (χ3n) is 2.34. The van der Waals surface area contributed by atoms with Crippen LogP contribution in [0.5, 0.6) is 0 Å². The molecule has 106 valence electrons. The van der Waals surface area contributed by atoms with Crippen LogP contribution in [0.3, 0.4) is 0 Å². The van der Waals surface area contributed by atoms with Gasteiger partial charge in [0, 0.05) is 6.54 Å². The van der Waals surface area contributed by atoms with Crippen LogP contribution in [-0.4, -0.2) is 50.1 Å². The highest BCUT2D eigenvalue weighted by molar-refractivity contribution is 5.75. The van der Waals surface area contributed by atoms with Crippen molar-refractivity contribution in [1.29, 1.82) is 0 Å². The molecule has 0 fully saturated rings. The molecule has 2 unspecified atom stereocenters. The summed E-state index contributed by atoms with van der Waals surface area (Å²) in [5.41, 5.74) is 0. The summed E-state index contributed by atoms with van der Waals surface area (Å²) in [5, 5.41) is 12.6. The number of nitrogens with one attached hydrogen (secondary N) is 1. The van der Waals surface area contributed by atoms with Crippen LogP contribution >= 0.6 is 0 Å². The summed E-state index contributed by atoms with van der Waals surface area (Å²) in [4.78, 5) is 11.5. The molecule has 0 saturated carbocycles. The summed E-state index contributed by atoms with van der Waals surface area (Å²) in [6.07, 6.45) is 1.65. The van der Waals surface area contributed by atoms with E-state index in [-0.39, 0.29) is 18.6 Å². The first-order chi connectivity index (χ1) is 8.51. The van der Waals surface area contributed by atoms with Crippen LogP contribution in [-0.2, 0) is 14.3 Å². The van der Waals surface area contributed by atoms with E-state index in [9.17, 15) is 9.90 Å². The topological polar surface area (TPSA) is 67.8 Å². The van der Waals surface area contributed by atoms with Gasteiger partial charge in [0.05, 0.1) is 26.4 Å². The lowest BCUT2D eigenvalue weighted by Crippen LogP contribution is -2.43. The van der Waals surface area contributed by atoms with Crippen molar-refractivity contribution in [2.24, 2.45) is 5.92 Å². The minimum Gasteiger partial charge on any atom is -0.468 e. The monoisotopic (exact) mass is 259 g/mol. The number of ether oxygens (including phenoxy) is 2. The summed E-state index contributed by atoms with van der Waals surface area (Å²) in [7, 11) is 1.36. The third kappa shape index (κ3) is 8.22. The molecular formula is C13H25NO4. The molecule has 0 spiro atoms. The molecule has 5 heteroatoms. The van der Waals surface area contributed by atoms with Crippen molar-refractivity contribution in [2.45, 2.75) is 32.4 Å². The molecule has 2 N–H and O–H groups in total. The molecule has 2 atom stereocenters. The minimum atomic E-state index is -0.649. The Kier molecular flexibility index (Phi) is 9.55. The smallest absolute Gasteiger partial charge is 0.322 e. The van der Waals surface area contributed by atoms with Crippen LogP contribution in [0, 0.1) is 5.92 Å². The fraction of sp³-hybridized carbons (Fsp3) is 0.769. The molecule has 0 aromatic carbocycles. The quantitative estimate of drug-likeness (QED) is 0.344. The van der Waals surface area contributed by atoms with E-state index in [1.807, 2.05) is 13.8 Å². The SMILES string of the molecule is C=CCOCC(O)CNC(CC(C)C)C(=O)OC. The van der Waals surface area contributed by atoms with Crippen molar-refractivity contribution in [3.63, 3.8) is 0 Å². The zero-order valence-electron chi connectivity index (χ0n) is 11.5. The largest absolute Gasteiger partial charge is 0.468 e. The van der Waals surface area contributed by atoms with E-state index in [0.717, 1.165) is 0 Å². The van der Waals surface area contributed by atoms with Crippen molar-refractivity contribution in [1.82, 2.24) is 5.32 Å². The van der Waals surface area contributed by atoms with Crippen LogP contribution in [0.25, 0.3) is 0 Å². The summed E-state index contributed by atoms with van der Waals surface area (Å²) in [6.45, 7) is 8.49. The lowest BCUT2D eigenvalue weighted by atomic mass is 10.0. The summed E-state index contributed by atoms with van der Waals surface area (Å²) in [6, 6.07) is -0.385. The van der Waals surface area contributed by atoms with Gasteiger partial charge in [-0.25, -0.2) is 0 Å². The normalized spacial score (nSPS) is 14.3. The van der Waals surface area contributed by atoms with Gasteiger partial charge < -0.3 is 19.9 Å². The molecular weight excluding hydrogens is 234 g/mol. The van der Waals surface area contributed by atoms with Crippen LogP contribution < -0.4 is 5.32 Å². The van der Waals surface area contributed by atoms with Crippen LogP contribution in [0.2, 0.25) is 0 Å². The lowest BCUT2D eigenvalue weighted by molar-refractivity contribution is -0.143. The Labute approximate surface area is 109 Å². The van der Waals surface area contributed by atoms with E-state index < -0.39 is 6.10 Å². The van der Waals surface area contributed by atoms with Crippen molar-refractivity contribution >= 4 is 5.97 Å². The molecule has 18 heavy (non-hydrogen) atoms. The predicted octanol–water partition coefficient (Wildman–Crippen LogP) is 0.727. The maximum absolute atomic E-state index is 11.5. The van der Waals surface area contributed by atoms with Gasteiger partial charge in [0.1, 0.15) is 6.04 Å². The highest BCUT2D eigenvalue weighted by Crippen LogP contribution is 2.06. The molecule has 0 bridgehead atoms. The van der Waals surface area contributed by atoms with Gasteiger partial charge in [-0.05, 0) is 12.3 Å². The molecule has 0 radical (unpaired) electrons. The third-order valence-corrected chi connectivity index (χ3v) is 2.34. The van der Waals surface area contributed by atoms with Crippen molar-refractivity contribution in [2.75, 3.05) is 26.9 Å². The fourth-order valence-corrected chi connectivity index (χ4v) is 1.50. The molecule has 0 rings (SSSR count). The van der Waals surface area contributed by atoms with E-state index in [1.54, 1.807) is 6.08 Å². The van der Waals surface area contributed by atoms with Gasteiger partial charge in [0.2, 0.25) is 0 Å². The molecule has 0 aliphatic heterocycles. The van der Waals surface area contributed by atoms with Crippen LogP contribution in [0.1, 0.15) is 20.3 Å². The average molecular weight is 259 g/mol. The second kappa shape index (κ2) is 10.1. The van der Waals surface area contributed by atoms with Gasteiger partial charge in [0.15, 0.2) is 0 Å². The highest BCUT2D eigenvalue weighted by Gasteiger charge is 2.20. The van der Waals surface area contributed by atoms with Crippen molar-refractivity contribution in [3.8, 4) is 0 Å². The van der Waals surface area contributed by atoms with E-state index >= 15 is 0 Å². The first kappa shape index (κ1) is 17.1. The van der Waals surface area contributed by atoms with Crippen molar-refractivity contribution < 1.29 is 19.4 Å². The molecule has 0 aromatic rings. The fourth-order valence-electron chi connectivity index (χ4n) is 1.50. The van der Waals surface area contributed by atoms with E-state index in [4.69, 9.17) is 9.47 Å². The Balaban J connectivity index is 4.00. The van der Waals surface area contributed by atoms with E-state index in [2.05, 4.69) is 11.9 Å². The second-order valence-electron chi connectivity index (χ2n) is 4.59. The average Bonchev–Trinajstić information content (AvgIpc) is 2.33. The molecule has 0 aliphatic carbocycles. The molecule has 0 aromatic heterocycles. The Morgan fingerprint density at radius 1 is 1.50 bits per heavy atom. The number of hydrogen-bond acceptors (Lipinski definition) is 5. The molecule has 0 aliphatic rings. The van der Waals surface area contributed by atoms with Gasteiger partial charge in [0.25, 0.3) is 0 Å². The molecule has 0 heterocycles. The number of esters is 1. The maximum Gasteiger partial charge on any atom is 0.322 e. The van der Waals surface area contributed by atoms with Crippen LogP contribution in [0.15, 0.2) is 12.7 Å². The lowest BCUT2D eigenvalue weighted by Gasteiger charge is -2.20. The van der Waals surface area contributed by atoms with Crippen LogP contribution in [0.4, 0.5) is 0 Å². The maximum atomic E-state index is 11.5.